The van der Waals surface area contributed by atoms with E-state index in [1.807, 2.05) is 22.7 Å². The molecule has 2 heteroatoms. The first kappa shape index (κ1) is 44.0. The van der Waals surface area contributed by atoms with Crippen molar-refractivity contribution in [1.29, 1.82) is 0 Å². The van der Waals surface area contributed by atoms with Gasteiger partial charge in [-0.25, -0.2) is 0 Å². The Kier molecular flexibility index (Phi) is 19.6. The third kappa shape index (κ3) is 12.9. The molecule has 0 bridgehead atoms. The van der Waals surface area contributed by atoms with E-state index in [9.17, 15) is 0 Å². The highest BCUT2D eigenvalue weighted by atomic mass is 32.1. The van der Waals surface area contributed by atoms with Crippen molar-refractivity contribution in [2.24, 2.45) is 0 Å². The van der Waals surface area contributed by atoms with Gasteiger partial charge >= 0.3 is 0 Å². The Labute approximate surface area is 347 Å². The van der Waals surface area contributed by atoms with Crippen molar-refractivity contribution in [3.05, 3.63) is 81.5 Å². The Morgan fingerprint density at radius 2 is 0.727 bits per heavy atom. The van der Waals surface area contributed by atoms with Crippen molar-refractivity contribution in [2.75, 3.05) is 0 Å². The van der Waals surface area contributed by atoms with Crippen LogP contribution in [0.5, 0.6) is 0 Å². The smallest absolute Gasteiger partial charge is 0.0345 e. The van der Waals surface area contributed by atoms with Crippen LogP contribution in [0.4, 0.5) is 0 Å². The SMILES string of the molecule is CCCCCCCCCCc1csc(-c2ccc3c(c2)C(CCCCCC)(CCCCCC)c2cc(-c4cc(CCCCCCCCCC)cs4)ccc2-3)c1. The molecule has 0 spiro atoms. The van der Waals surface area contributed by atoms with Crippen molar-refractivity contribution in [3.8, 4) is 32.0 Å². The Bertz CT molecular complexity index is 1510. The standard InChI is InChI=1S/C53H78S2/c1-5-9-13-17-19-21-23-25-29-43-37-51(54-41-43)45-31-33-47-48-34-32-46(52-38-44(42-55-52)30-26-24-22-20-18-14-10-6-2)40-50(48)53(49(47)39-45,35-27-15-11-7-3)36-28-16-12-8-4/h31-34,37-42H,5-30,35-36H2,1-4H3. The van der Waals surface area contributed by atoms with Crippen LogP contribution in [0.1, 0.15) is 217 Å². The van der Waals surface area contributed by atoms with E-state index >= 15 is 0 Å². The van der Waals surface area contributed by atoms with Gasteiger partial charge in [0.05, 0.1) is 0 Å². The van der Waals surface area contributed by atoms with Crippen molar-refractivity contribution in [2.45, 2.75) is 213 Å². The molecule has 0 radical (unpaired) electrons. The van der Waals surface area contributed by atoms with Crippen molar-refractivity contribution < 1.29 is 0 Å². The molecule has 0 saturated carbocycles. The lowest BCUT2D eigenvalue weighted by Crippen LogP contribution is -2.25. The molecular weight excluding hydrogens is 701 g/mol. The van der Waals surface area contributed by atoms with E-state index in [0.29, 0.717) is 0 Å². The van der Waals surface area contributed by atoms with Gasteiger partial charge in [-0.05, 0) is 118 Å². The maximum Gasteiger partial charge on any atom is 0.0345 e. The van der Waals surface area contributed by atoms with Crippen LogP contribution in [-0.4, -0.2) is 0 Å². The normalized spacial score (nSPS) is 13.1. The largest absolute Gasteiger partial charge is 0.144 e. The van der Waals surface area contributed by atoms with Gasteiger partial charge in [0.15, 0.2) is 0 Å². The first-order valence-electron chi connectivity index (χ1n) is 23.6. The zero-order valence-electron chi connectivity index (χ0n) is 35.9. The van der Waals surface area contributed by atoms with E-state index in [1.54, 1.807) is 22.3 Å². The molecule has 2 aromatic heterocycles. The quantitative estimate of drug-likeness (QED) is 0.0463. The summed E-state index contributed by atoms with van der Waals surface area (Å²) in [7, 11) is 0. The molecular formula is C53H78S2. The second kappa shape index (κ2) is 24.6. The molecule has 4 aromatic rings. The molecule has 0 nitrogen and oxygen atoms in total. The number of aryl methyl sites for hydroxylation is 2. The number of benzene rings is 2. The van der Waals surface area contributed by atoms with Crippen LogP contribution >= 0.6 is 22.7 Å². The average Bonchev–Trinajstić information content (AvgIpc) is 3.95. The fourth-order valence-electron chi connectivity index (χ4n) is 9.41. The number of unbranched alkanes of at least 4 members (excludes halogenated alkanes) is 20. The predicted octanol–water partition coefficient (Wildman–Crippen LogP) is 18.7. The van der Waals surface area contributed by atoms with Gasteiger partial charge in [0.25, 0.3) is 0 Å². The van der Waals surface area contributed by atoms with Crippen LogP contribution < -0.4 is 0 Å². The second-order valence-corrected chi connectivity index (χ2v) is 19.1. The minimum Gasteiger partial charge on any atom is -0.144 e. The van der Waals surface area contributed by atoms with Gasteiger partial charge in [-0.2, -0.15) is 0 Å². The van der Waals surface area contributed by atoms with Gasteiger partial charge in [-0.3, -0.25) is 0 Å². The minimum atomic E-state index is 0.104. The van der Waals surface area contributed by atoms with Crippen LogP contribution in [-0.2, 0) is 18.3 Å². The molecule has 0 unspecified atom stereocenters. The summed E-state index contributed by atoms with van der Waals surface area (Å²) in [5.74, 6) is 0. The first-order valence-corrected chi connectivity index (χ1v) is 25.3. The van der Waals surface area contributed by atoms with Gasteiger partial charge in [0.2, 0.25) is 0 Å². The maximum atomic E-state index is 2.66. The van der Waals surface area contributed by atoms with E-state index in [0.717, 1.165) is 0 Å². The van der Waals surface area contributed by atoms with E-state index in [1.165, 1.54) is 212 Å². The van der Waals surface area contributed by atoms with Gasteiger partial charge in [0.1, 0.15) is 0 Å². The second-order valence-electron chi connectivity index (χ2n) is 17.3. The van der Waals surface area contributed by atoms with Crippen LogP contribution in [0.2, 0.25) is 0 Å². The molecule has 0 saturated heterocycles. The Balaban J connectivity index is 1.35. The third-order valence-electron chi connectivity index (χ3n) is 12.8. The molecule has 2 heterocycles. The summed E-state index contributed by atoms with van der Waals surface area (Å²) in [6.07, 6.45) is 37.8. The summed E-state index contributed by atoms with van der Waals surface area (Å²) in [6.45, 7) is 9.33. The maximum absolute atomic E-state index is 2.66. The van der Waals surface area contributed by atoms with Gasteiger partial charge in [0, 0.05) is 15.2 Å². The molecule has 1 aliphatic rings. The molecule has 2 aromatic carbocycles. The molecule has 5 rings (SSSR count). The monoisotopic (exact) mass is 779 g/mol. The van der Waals surface area contributed by atoms with Crippen LogP contribution in [0.3, 0.4) is 0 Å². The summed E-state index contributed by atoms with van der Waals surface area (Å²) < 4.78 is 0. The topological polar surface area (TPSA) is 0 Å². The van der Waals surface area contributed by atoms with Crippen molar-refractivity contribution in [1.82, 2.24) is 0 Å². The highest BCUT2D eigenvalue weighted by molar-refractivity contribution is 7.14. The fourth-order valence-corrected chi connectivity index (χ4v) is 11.3. The lowest BCUT2D eigenvalue weighted by molar-refractivity contribution is 0.401. The Morgan fingerprint density at radius 1 is 0.382 bits per heavy atom. The van der Waals surface area contributed by atoms with Gasteiger partial charge in [-0.15, -0.1) is 22.7 Å². The van der Waals surface area contributed by atoms with E-state index in [-0.39, 0.29) is 5.41 Å². The van der Waals surface area contributed by atoms with E-state index in [4.69, 9.17) is 0 Å². The molecule has 0 aliphatic heterocycles. The fraction of sp³-hybridized carbons (Fsp3) is 0.623. The van der Waals surface area contributed by atoms with E-state index in [2.05, 4.69) is 87.0 Å². The minimum absolute atomic E-state index is 0.104. The number of thiophene rings is 2. The van der Waals surface area contributed by atoms with Crippen LogP contribution in [0.15, 0.2) is 59.3 Å². The zero-order valence-corrected chi connectivity index (χ0v) is 37.5. The average molecular weight is 779 g/mol. The highest BCUT2D eigenvalue weighted by Gasteiger charge is 2.42. The predicted molar refractivity (Wildman–Crippen MR) is 249 cm³/mol. The Morgan fingerprint density at radius 3 is 1.11 bits per heavy atom. The van der Waals surface area contributed by atoms with Gasteiger partial charge in [-0.1, -0.05) is 193 Å². The van der Waals surface area contributed by atoms with E-state index < -0.39 is 0 Å². The summed E-state index contributed by atoms with van der Waals surface area (Å²) in [6, 6.07) is 20.3. The Hall–Kier alpha value is -2.16. The summed E-state index contributed by atoms with van der Waals surface area (Å²) in [5.41, 5.74) is 12.3. The molecule has 0 fully saturated rings. The first-order chi connectivity index (χ1) is 27.1. The van der Waals surface area contributed by atoms with Crippen LogP contribution in [0, 0.1) is 0 Å². The lowest BCUT2D eigenvalue weighted by atomic mass is 9.70. The number of rotatable bonds is 30. The molecule has 302 valence electrons. The number of hydrogen-bond donors (Lipinski definition) is 0. The van der Waals surface area contributed by atoms with Gasteiger partial charge < -0.3 is 0 Å². The molecule has 0 amide bonds. The number of fused-ring (bicyclic) bond motifs is 3. The summed E-state index contributed by atoms with van der Waals surface area (Å²) in [4.78, 5) is 2.92. The summed E-state index contributed by atoms with van der Waals surface area (Å²) in [5, 5.41) is 4.91. The number of hydrogen-bond acceptors (Lipinski definition) is 2. The zero-order chi connectivity index (χ0) is 38.6. The third-order valence-corrected chi connectivity index (χ3v) is 14.8. The molecule has 0 N–H and O–H groups in total. The van der Waals surface area contributed by atoms with Crippen molar-refractivity contribution >= 4 is 22.7 Å². The lowest BCUT2D eigenvalue weighted by Gasteiger charge is -2.33. The van der Waals surface area contributed by atoms with Crippen molar-refractivity contribution in [3.63, 3.8) is 0 Å². The summed E-state index contributed by atoms with van der Waals surface area (Å²) >= 11 is 3.95. The molecule has 55 heavy (non-hydrogen) atoms. The molecule has 1 aliphatic carbocycles. The molecule has 0 atom stereocenters. The van der Waals surface area contributed by atoms with Crippen LogP contribution in [0.25, 0.3) is 32.0 Å². The highest BCUT2D eigenvalue weighted by Crippen LogP contribution is 2.56.